The van der Waals surface area contributed by atoms with E-state index < -0.39 is 23.6 Å². The molecule has 2 aromatic carbocycles. The van der Waals surface area contributed by atoms with Crippen LogP contribution in [0.25, 0.3) is 0 Å². The van der Waals surface area contributed by atoms with Crippen molar-refractivity contribution in [3.8, 4) is 0 Å². The molecule has 26 heavy (non-hydrogen) atoms. The Bertz CT molecular complexity index is 759. The lowest BCUT2D eigenvalue weighted by Crippen LogP contribution is -2.37. The van der Waals surface area contributed by atoms with E-state index in [-0.39, 0.29) is 18.0 Å². The standard InChI is InChI=1S/C19H20Cl2F2N2O/c1-11(17-12(20)6-4-7-13(17)21)19(26)24-10-16(25(2)3)18-14(22)8-5-9-15(18)23/h4-9,11,16H,10H2,1-3H3,(H,24,26). The summed E-state index contributed by atoms with van der Waals surface area (Å²) in [4.78, 5) is 14.2. The summed E-state index contributed by atoms with van der Waals surface area (Å²) < 4.78 is 28.2. The zero-order chi connectivity index (χ0) is 19.4. The first kappa shape index (κ1) is 20.6. The van der Waals surface area contributed by atoms with Gasteiger partial charge in [0.15, 0.2) is 0 Å². The topological polar surface area (TPSA) is 32.3 Å². The summed E-state index contributed by atoms with van der Waals surface area (Å²) in [5.41, 5.74) is 0.438. The third-order valence-corrected chi connectivity index (χ3v) is 4.91. The minimum atomic E-state index is -0.658. The van der Waals surface area contributed by atoms with E-state index in [0.29, 0.717) is 15.6 Å². The molecule has 0 heterocycles. The van der Waals surface area contributed by atoms with Crippen LogP contribution in [0.3, 0.4) is 0 Å². The molecule has 3 nitrogen and oxygen atoms in total. The first-order valence-electron chi connectivity index (χ1n) is 8.06. The van der Waals surface area contributed by atoms with Crippen molar-refractivity contribution in [3.63, 3.8) is 0 Å². The molecule has 0 saturated carbocycles. The summed E-state index contributed by atoms with van der Waals surface area (Å²) in [6.07, 6.45) is 0. The molecule has 0 fully saturated rings. The first-order valence-corrected chi connectivity index (χ1v) is 8.81. The Balaban J connectivity index is 2.18. The van der Waals surface area contributed by atoms with Crippen LogP contribution in [-0.2, 0) is 4.79 Å². The lowest BCUT2D eigenvalue weighted by molar-refractivity contribution is -0.122. The number of nitrogens with zero attached hydrogens (tertiary/aromatic N) is 1. The van der Waals surface area contributed by atoms with Gasteiger partial charge in [-0.1, -0.05) is 35.3 Å². The van der Waals surface area contributed by atoms with Gasteiger partial charge >= 0.3 is 0 Å². The highest BCUT2D eigenvalue weighted by atomic mass is 35.5. The molecule has 2 rings (SSSR count). The zero-order valence-electron chi connectivity index (χ0n) is 14.7. The van der Waals surface area contributed by atoms with Gasteiger partial charge in [0.25, 0.3) is 0 Å². The number of nitrogens with one attached hydrogen (secondary N) is 1. The Kier molecular flexibility index (Phi) is 6.98. The summed E-state index contributed by atoms with van der Waals surface area (Å²) in [5.74, 6) is -2.24. The molecule has 2 aromatic rings. The maximum atomic E-state index is 14.1. The highest BCUT2D eigenvalue weighted by molar-refractivity contribution is 6.36. The SMILES string of the molecule is CC(C(=O)NCC(c1c(F)cccc1F)N(C)C)c1c(Cl)cccc1Cl. The first-order chi connectivity index (χ1) is 12.2. The summed E-state index contributed by atoms with van der Waals surface area (Å²) in [6, 6.07) is 8.05. The molecule has 140 valence electrons. The van der Waals surface area contributed by atoms with Crippen LogP contribution in [0.5, 0.6) is 0 Å². The summed E-state index contributed by atoms with van der Waals surface area (Å²) in [7, 11) is 3.38. The molecule has 7 heteroatoms. The van der Waals surface area contributed by atoms with Crippen LogP contribution in [0.4, 0.5) is 8.78 Å². The van der Waals surface area contributed by atoms with Crippen LogP contribution in [0, 0.1) is 11.6 Å². The minimum Gasteiger partial charge on any atom is -0.354 e. The van der Waals surface area contributed by atoms with Gasteiger partial charge < -0.3 is 10.2 Å². The number of carbonyl (C=O) groups is 1. The highest BCUT2D eigenvalue weighted by Crippen LogP contribution is 2.31. The van der Waals surface area contributed by atoms with E-state index in [4.69, 9.17) is 23.2 Å². The number of carbonyl (C=O) groups excluding carboxylic acids is 1. The second-order valence-electron chi connectivity index (χ2n) is 6.22. The number of halogens is 4. The van der Waals surface area contributed by atoms with E-state index in [0.717, 1.165) is 0 Å². The van der Waals surface area contributed by atoms with Gasteiger partial charge in [0.1, 0.15) is 11.6 Å². The molecule has 1 amide bonds. The van der Waals surface area contributed by atoms with Gasteiger partial charge in [-0.25, -0.2) is 8.78 Å². The smallest absolute Gasteiger partial charge is 0.227 e. The molecular weight excluding hydrogens is 381 g/mol. The Labute approximate surface area is 161 Å². The van der Waals surface area contributed by atoms with E-state index in [2.05, 4.69) is 5.32 Å². The van der Waals surface area contributed by atoms with Crippen molar-refractivity contribution in [3.05, 3.63) is 69.2 Å². The molecule has 1 N–H and O–H groups in total. The van der Waals surface area contributed by atoms with Crippen molar-refractivity contribution in [2.45, 2.75) is 18.9 Å². The number of hydrogen-bond acceptors (Lipinski definition) is 2. The lowest BCUT2D eigenvalue weighted by Gasteiger charge is -2.26. The summed E-state index contributed by atoms with van der Waals surface area (Å²) in [6.45, 7) is 1.72. The maximum Gasteiger partial charge on any atom is 0.227 e. The van der Waals surface area contributed by atoms with Crippen LogP contribution in [0.2, 0.25) is 10.0 Å². The number of likely N-dealkylation sites (N-methyl/N-ethyl adjacent to an activating group) is 1. The van der Waals surface area contributed by atoms with Crippen molar-refractivity contribution in [1.82, 2.24) is 10.2 Å². The largest absolute Gasteiger partial charge is 0.354 e. The predicted octanol–water partition coefficient (Wildman–Crippen LogP) is 4.79. The Morgan fingerprint density at radius 3 is 2.04 bits per heavy atom. The third-order valence-electron chi connectivity index (χ3n) is 4.25. The maximum absolute atomic E-state index is 14.1. The van der Waals surface area contributed by atoms with E-state index in [9.17, 15) is 13.6 Å². The molecule has 0 saturated heterocycles. The lowest BCUT2D eigenvalue weighted by atomic mass is 9.99. The van der Waals surface area contributed by atoms with Crippen molar-refractivity contribution >= 4 is 29.1 Å². The van der Waals surface area contributed by atoms with Crippen LogP contribution in [0.15, 0.2) is 36.4 Å². The third kappa shape index (κ3) is 4.53. The normalized spacial score (nSPS) is 13.5. The van der Waals surface area contributed by atoms with Gasteiger partial charge in [-0.15, -0.1) is 0 Å². The molecule has 2 atom stereocenters. The van der Waals surface area contributed by atoms with Crippen LogP contribution in [-0.4, -0.2) is 31.4 Å². The van der Waals surface area contributed by atoms with Crippen molar-refractivity contribution in [2.24, 2.45) is 0 Å². The molecule has 0 radical (unpaired) electrons. The highest BCUT2D eigenvalue weighted by Gasteiger charge is 2.25. The zero-order valence-corrected chi connectivity index (χ0v) is 16.2. The average Bonchev–Trinajstić information content (AvgIpc) is 2.56. The van der Waals surface area contributed by atoms with Gasteiger partial charge in [-0.3, -0.25) is 4.79 Å². The minimum absolute atomic E-state index is 0.0378. The quantitative estimate of drug-likeness (QED) is 0.755. The van der Waals surface area contributed by atoms with Crippen molar-refractivity contribution in [1.29, 1.82) is 0 Å². The Hall–Kier alpha value is -1.69. The van der Waals surface area contributed by atoms with Crippen molar-refractivity contribution in [2.75, 3.05) is 20.6 Å². The predicted molar refractivity (Wildman–Crippen MR) is 101 cm³/mol. The summed E-state index contributed by atoms with van der Waals surface area (Å²) >= 11 is 12.3. The number of rotatable bonds is 6. The van der Waals surface area contributed by atoms with Crippen LogP contribution >= 0.6 is 23.2 Å². The molecular formula is C19H20Cl2F2N2O. The Morgan fingerprint density at radius 2 is 1.54 bits per heavy atom. The molecule has 0 aliphatic rings. The van der Waals surface area contributed by atoms with E-state index in [1.807, 2.05) is 0 Å². The fraction of sp³-hybridized carbons (Fsp3) is 0.316. The van der Waals surface area contributed by atoms with Crippen molar-refractivity contribution < 1.29 is 13.6 Å². The average molecular weight is 401 g/mol. The van der Waals surface area contributed by atoms with Crippen LogP contribution in [0.1, 0.15) is 30.0 Å². The molecule has 0 aliphatic carbocycles. The van der Waals surface area contributed by atoms with E-state index in [1.165, 1.54) is 18.2 Å². The molecule has 0 aliphatic heterocycles. The fourth-order valence-corrected chi connectivity index (χ4v) is 3.50. The van der Waals surface area contributed by atoms with Gasteiger partial charge in [0.2, 0.25) is 5.91 Å². The van der Waals surface area contributed by atoms with Gasteiger partial charge in [0, 0.05) is 27.7 Å². The second kappa shape index (κ2) is 8.80. The van der Waals surface area contributed by atoms with Gasteiger partial charge in [0.05, 0.1) is 12.0 Å². The fourth-order valence-electron chi connectivity index (χ4n) is 2.78. The van der Waals surface area contributed by atoms with Gasteiger partial charge in [-0.05, 0) is 45.3 Å². The van der Waals surface area contributed by atoms with E-state index in [1.54, 1.807) is 44.1 Å². The number of amides is 1. The molecule has 0 aromatic heterocycles. The second-order valence-corrected chi connectivity index (χ2v) is 7.03. The molecule has 0 spiro atoms. The van der Waals surface area contributed by atoms with E-state index >= 15 is 0 Å². The summed E-state index contributed by atoms with van der Waals surface area (Å²) in [5, 5.41) is 3.52. The van der Waals surface area contributed by atoms with Crippen LogP contribution < -0.4 is 5.32 Å². The van der Waals surface area contributed by atoms with Gasteiger partial charge in [-0.2, -0.15) is 0 Å². The number of benzene rings is 2. The molecule has 0 bridgehead atoms. The molecule has 2 unspecified atom stereocenters. The number of hydrogen-bond donors (Lipinski definition) is 1. The monoisotopic (exact) mass is 400 g/mol. The Morgan fingerprint density at radius 1 is 1.04 bits per heavy atom.